The number of carbonyl (C=O) groups excluding carboxylic acids is 1. The molecule has 3 fully saturated rings. The van der Waals surface area contributed by atoms with E-state index >= 15 is 0 Å². The van der Waals surface area contributed by atoms with Crippen LogP contribution in [0, 0.1) is 17.8 Å². The van der Waals surface area contributed by atoms with E-state index in [9.17, 15) is 4.79 Å². The molecule has 4 rings (SSSR count). The van der Waals surface area contributed by atoms with E-state index in [1.807, 2.05) is 0 Å². The summed E-state index contributed by atoms with van der Waals surface area (Å²) in [7, 11) is 0. The molecule has 1 saturated heterocycles. The van der Waals surface area contributed by atoms with Gasteiger partial charge in [-0.3, -0.25) is 4.79 Å². The van der Waals surface area contributed by atoms with Gasteiger partial charge in [-0.1, -0.05) is 5.16 Å². The average molecular weight is 290 g/mol. The van der Waals surface area contributed by atoms with Gasteiger partial charge in [0.2, 0.25) is 5.89 Å². The van der Waals surface area contributed by atoms with Crippen molar-refractivity contribution in [1.82, 2.24) is 20.8 Å². The largest absolute Gasteiger partial charge is 0.349 e. The van der Waals surface area contributed by atoms with Crippen LogP contribution in [-0.2, 0) is 0 Å². The van der Waals surface area contributed by atoms with E-state index in [0.717, 1.165) is 37.8 Å². The van der Waals surface area contributed by atoms with Crippen molar-refractivity contribution in [2.45, 2.75) is 44.6 Å². The SMILES string of the molecule is O=C(NCC(C1CC1)C1CC1)c1noc(C2CCCN2)n1. The van der Waals surface area contributed by atoms with Crippen LogP contribution in [0.1, 0.15) is 61.1 Å². The Balaban J connectivity index is 1.33. The van der Waals surface area contributed by atoms with Crippen molar-refractivity contribution >= 4 is 5.91 Å². The van der Waals surface area contributed by atoms with Gasteiger partial charge in [0.05, 0.1) is 6.04 Å². The molecule has 21 heavy (non-hydrogen) atoms. The van der Waals surface area contributed by atoms with Gasteiger partial charge in [0.25, 0.3) is 11.7 Å². The second-order valence-electron chi connectivity index (χ2n) is 6.65. The third kappa shape index (κ3) is 2.95. The van der Waals surface area contributed by atoms with Gasteiger partial charge in [-0.15, -0.1) is 0 Å². The zero-order chi connectivity index (χ0) is 14.2. The summed E-state index contributed by atoms with van der Waals surface area (Å²) in [5, 5.41) is 10.1. The van der Waals surface area contributed by atoms with Crippen molar-refractivity contribution in [2.75, 3.05) is 13.1 Å². The van der Waals surface area contributed by atoms with Crippen LogP contribution in [-0.4, -0.2) is 29.1 Å². The Morgan fingerprint density at radius 2 is 2.05 bits per heavy atom. The summed E-state index contributed by atoms with van der Waals surface area (Å²) < 4.78 is 5.21. The van der Waals surface area contributed by atoms with E-state index in [1.165, 1.54) is 25.7 Å². The van der Waals surface area contributed by atoms with Gasteiger partial charge < -0.3 is 15.2 Å². The van der Waals surface area contributed by atoms with E-state index in [2.05, 4.69) is 20.8 Å². The first kappa shape index (κ1) is 13.2. The highest BCUT2D eigenvalue weighted by atomic mass is 16.5. The third-order valence-corrected chi connectivity index (χ3v) is 4.96. The van der Waals surface area contributed by atoms with Crippen LogP contribution in [0.2, 0.25) is 0 Å². The van der Waals surface area contributed by atoms with Crippen molar-refractivity contribution in [3.8, 4) is 0 Å². The molecule has 2 saturated carbocycles. The summed E-state index contributed by atoms with van der Waals surface area (Å²) in [6, 6.07) is 0.115. The van der Waals surface area contributed by atoms with Gasteiger partial charge in [-0.25, -0.2) is 0 Å². The van der Waals surface area contributed by atoms with Gasteiger partial charge in [-0.05, 0) is 62.8 Å². The maximum atomic E-state index is 12.1. The molecule has 0 bridgehead atoms. The molecule has 114 valence electrons. The molecule has 1 aromatic rings. The number of aromatic nitrogens is 2. The van der Waals surface area contributed by atoms with Gasteiger partial charge in [0.1, 0.15) is 0 Å². The Kier molecular flexibility index (Phi) is 3.41. The maximum absolute atomic E-state index is 12.1. The van der Waals surface area contributed by atoms with Gasteiger partial charge in [0.15, 0.2) is 0 Å². The Labute approximate surface area is 124 Å². The van der Waals surface area contributed by atoms with Crippen molar-refractivity contribution < 1.29 is 9.32 Å². The number of hydrogen-bond acceptors (Lipinski definition) is 5. The summed E-state index contributed by atoms with van der Waals surface area (Å²) in [6.45, 7) is 1.73. The van der Waals surface area contributed by atoms with Crippen LogP contribution < -0.4 is 10.6 Å². The van der Waals surface area contributed by atoms with Gasteiger partial charge >= 0.3 is 0 Å². The Hall–Kier alpha value is -1.43. The first-order valence-corrected chi connectivity index (χ1v) is 8.16. The minimum Gasteiger partial charge on any atom is -0.349 e. The zero-order valence-electron chi connectivity index (χ0n) is 12.2. The Morgan fingerprint density at radius 3 is 2.67 bits per heavy atom. The lowest BCUT2D eigenvalue weighted by atomic mass is 9.98. The Bertz CT molecular complexity index is 503. The summed E-state index contributed by atoms with van der Waals surface area (Å²) in [4.78, 5) is 16.4. The molecule has 2 N–H and O–H groups in total. The number of amides is 1. The molecule has 6 heteroatoms. The smallest absolute Gasteiger partial charge is 0.292 e. The van der Waals surface area contributed by atoms with Crippen molar-refractivity contribution in [3.63, 3.8) is 0 Å². The highest BCUT2D eigenvalue weighted by Gasteiger charge is 2.41. The monoisotopic (exact) mass is 290 g/mol. The minimum absolute atomic E-state index is 0.115. The number of rotatable bonds is 6. The average Bonchev–Trinajstić information content (AvgIpc) is 3.40. The summed E-state index contributed by atoms with van der Waals surface area (Å²) in [5.74, 6) is 2.84. The van der Waals surface area contributed by atoms with Crippen molar-refractivity contribution in [2.24, 2.45) is 17.8 Å². The molecule has 1 unspecified atom stereocenters. The summed E-state index contributed by atoms with van der Waals surface area (Å²) in [5.41, 5.74) is 0. The molecular weight excluding hydrogens is 268 g/mol. The van der Waals surface area contributed by atoms with Crippen LogP contribution >= 0.6 is 0 Å². The molecule has 1 aliphatic heterocycles. The molecule has 1 amide bonds. The van der Waals surface area contributed by atoms with Crippen LogP contribution in [0.25, 0.3) is 0 Å². The van der Waals surface area contributed by atoms with Gasteiger partial charge in [-0.2, -0.15) is 4.98 Å². The van der Waals surface area contributed by atoms with E-state index in [-0.39, 0.29) is 17.8 Å². The van der Waals surface area contributed by atoms with E-state index in [4.69, 9.17) is 4.52 Å². The lowest BCUT2D eigenvalue weighted by Gasteiger charge is -2.15. The lowest BCUT2D eigenvalue weighted by Crippen LogP contribution is -2.31. The third-order valence-electron chi connectivity index (χ3n) is 4.96. The van der Waals surface area contributed by atoms with Crippen molar-refractivity contribution in [3.05, 3.63) is 11.7 Å². The fraction of sp³-hybridized carbons (Fsp3) is 0.800. The van der Waals surface area contributed by atoms with Crippen LogP contribution in [0.4, 0.5) is 0 Å². The molecule has 0 spiro atoms. The predicted octanol–water partition coefficient (Wildman–Crippen LogP) is 1.66. The predicted molar refractivity (Wildman–Crippen MR) is 75.5 cm³/mol. The highest BCUT2D eigenvalue weighted by Crippen LogP contribution is 2.48. The second-order valence-corrected chi connectivity index (χ2v) is 6.65. The molecule has 0 aromatic carbocycles. The standard InChI is InChI=1S/C15H22N4O2/c20-14(17-8-11(9-3-4-9)10-5-6-10)13-18-15(21-19-13)12-2-1-7-16-12/h9-12,16H,1-8H2,(H,17,20). The van der Waals surface area contributed by atoms with Crippen LogP contribution in [0.15, 0.2) is 4.52 Å². The second kappa shape index (κ2) is 5.40. The number of hydrogen-bond donors (Lipinski definition) is 2. The fourth-order valence-corrected chi connectivity index (χ4v) is 3.42. The summed E-state index contributed by atoms with van der Waals surface area (Å²) in [6.07, 6.45) is 7.43. The van der Waals surface area contributed by atoms with E-state index in [1.54, 1.807) is 0 Å². The molecular formula is C15H22N4O2. The van der Waals surface area contributed by atoms with E-state index < -0.39 is 0 Å². The fourth-order valence-electron chi connectivity index (χ4n) is 3.42. The first-order valence-electron chi connectivity index (χ1n) is 8.16. The van der Waals surface area contributed by atoms with Crippen LogP contribution in [0.3, 0.4) is 0 Å². The molecule has 0 radical (unpaired) electrons. The maximum Gasteiger partial charge on any atom is 0.292 e. The lowest BCUT2D eigenvalue weighted by molar-refractivity contribution is 0.0930. The zero-order valence-corrected chi connectivity index (χ0v) is 12.2. The normalized spacial score (nSPS) is 25.5. The quantitative estimate of drug-likeness (QED) is 0.833. The molecule has 3 aliphatic rings. The molecule has 2 aliphatic carbocycles. The number of nitrogens with zero attached hydrogens (tertiary/aromatic N) is 2. The summed E-state index contributed by atoms with van der Waals surface area (Å²) >= 11 is 0. The Morgan fingerprint density at radius 1 is 1.29 bits per heavy atom. The van der Waals surface area contributed by atoms with E-state index in [0.29, 0.717) is 11.8 Å². The van der Waals surface area contributed by atoms with Crippen molar-refractivity contribution in [1.29, 1.82) is 0 Å². The number of nitrogens with one attached hydrogen (secondary N) is 2. The minimum atomic E-state index is -0.200. The topological polar surface area (TPSA) is 80.0 Å². The molecule has 1 atom stereocenters. The highest BCUT2D eigenvalue weighted by molar-refractivity contribution is 5.90. The molecule has 2 heterocycles. The molecule has 6 nitrogen and oxygen atoms in total. The number of carbonyl (C=O) groups is 1. The van der Waals surface area contributed by atoms with Crippen LogP contribution in [0.5, 0.6) is 0 Å². The molecule has 1 aromatic heterocycles. The first-order chi connectivity index (χ1) is 10.3. The van der Waals surface area contributed by atoms with Gasteiger partial charge in [0, 0.05) is 6.54 Å².